The Labute approximate surface area is 162 Å². The van der Waals surface area contributed by atoms with Crippen LogP contribution < -0.4 is 0 Å². The lowest BCUT2D eigenvalue weighted by molar-refractivity contribution is 0.0556. The van der Waals surface area contributed by atoms with Crippen molar-refractivity contribution >= 4 is 10.1 Å². The van der Waals surface area contributed by atoms with Gasteiger partial charge in [-0.1, -0.05) is 67.2 Å². The van der Waals surface area contributed by atoms with Crippen LogP contribution in [0.15, 0.2) is 78.2 Å². The molecule has 0 amide bonds. The van der Waals surface area contributed by atoms with E-state index >= 15 is 0 Å². The molecule has 1 saturated carbocycles. The van der Waals surface area contributed by atoms with E-state index in [1.165, 1.54) is 0 Å². The number of benzene rings is 2. The van der Waals surface area contributed by atoms with Gasteiger partial charge in [-0.2, -0.15) is 8.42 Å². The van der Waals surface area contributed by atoms with E-state index in [1.807, 2.05) is 36.4 Å². The van der Waals surface area contributed by atoms with Crippen LogP contribution in [0.5, 0.6) is 0 Å². The van der Waals surface area contributed by atoms with Crippen molar-refractivity contribution in [2.75, 3.05) is 0 Å². The molecule has 2 aromatic rings. The molecule has 140 valence electrons. The lowest BCUT2D eigenvalue weighted by Crippen LogP contribution is -2.40. The Hall–Kier alpha value is -2.35. The van der Waals surface area contributed by atoms with Crippen molar-refractivity contribution in [3.8, 4) is 11.8 Å². The molecule has 1 aliphatic carbocycles. The monoisotopic (exact) mass is 380 g/mol. The van der Waals surface area contributed by atoms with E-state index in [2.05, 4.69) is 18.4 Å². The highest BCUT2D eigenvalue weighted by atomic mass is 32.2. The Morgan fingerprint density at radius 3 is 2.41 bits per heavy atom. The molecule has 2 atom stereocenters. The van der Waals surface area contributed by atoms with E-state index in [9.17, 15) is 8.42 Å². The number of hydrogen-bond donors (Lipinski definition) is 0. The van der Waals surface area contributed by atoms with E-state index in [-0.39, 0.29) is 4.90 Å². The highest BCUT2D eigenvalue weighted by molar-refractivity contribution is 7.86. The second kappa shape index (κ2) is 8.56. The minimum Gasteiger partial charge on any atom is -0.261 e. The summed E-state index contributed by atoms with van der Waals surface area (Å²) in [5, 5.41) is 0. The normalized spacial score (nSPS) is 22.4. The number of hydrogen-bond acceptors (Lipinski definition) is 3. The quantitative estimate of drug-likeness (QED) is 0.419. The SMILES string of the molecule is C=CC[C@@]1(C#Cc2ccccc2)CCCC[C@@H]1OS(=O)(=O)c1ccccc1. The zero-order valence-corrected chi connectivity index (χ0v) is 16.1. The first-order valence-electron chi connectivity index (χ1n) is 9.23. The Kier molecular flexibility index (Phi) is 6.15. The van der Waals surface area contributed by atoms with Crippen molar-refractivity contribution in [2.24, 2.45) is 5.41 Å². The summed E-state index contributed by atoms with van der Waals surface area (Å²) in [6, 6.07) is 18.0. The van der Waals surface area contributed by atoms with Gasteiger partial charge in [-0.3, -0.25) is 4.18 Å². The Morgan fingerprint density at radius 1 is 1.07 bits per heavy atom. The van der Waals surface area contributed by atoms with Crippen LogP contribution in [-0.2, 0) is 14.3 Å². The molecule has 2 aromatic carbocycles. The molecular formula is C23H24O3S. The predicted octanol–water partition coefficient (Wildman–Crippen LogP) is 4.95. The fourth-order valence-electron chi connectivity index (χ4n) is 3.55. The largest absolute Gasteiger partial charge is 0.297 e. The van der Waals surface area contributed by atoms with Crippen LogP contribution in [0.4, 0.5) is 0 Å². The summed E-state index contributed by atoms with van der Waals surface area (Å²) in [6.07, 6.45) is 5.34. The van der Waals surface area contributed by atoms with Gasteiger partial charge in [0.25, 0.3) is 10.1 Å². The van der Waals surface area contributed by atoms with Crippen molar-refractivity contribution in [1.82, 2.24) is 0 Å². The zero-order chi connectivity index (χ0) is 19.2. The first-order chi connectivity index (χ1) is 13.1. The van der Waals surface area contributed by atoms with Crippen molar-refractivity contribution < 1.29 is 12.6 Å². The third-order valence-electron chi connectivity index (χ3n) is 4.97. The molecule has 0 bridgehead atoms. The van der Waals surface area contributed by atoms with Crippen LogP contribution in [-0.4, -0.2) is 14.5 Å². The molecule has 27 heavy (non-hydrogen) atoms. The van der Waals surface area contributed by atoms with E-state index in [4.69, 9.17) is 4.18 Å². The summed E-state index contributed by atoms with van der Waals surface area (Å²) in [5.41, 5.74) is 0.369. The molecule has 0 aliphatic heterocycles. The summed E-state index contributed by atoms with van der Waals surface area (Å²) in [5.74, 6) is 6.59. The Morgan fingerprint density at radius 2 is 1.74 bits per heavy atom. The molecule has 0 heterocycles. The summed E-state index contributed by atoms with van der Waals surface area (Å²) in [4.78, 5) is 0.180. The van der Waals surface area contributed by atoms with Gasteiger partial charge >= 0.3 is 0 Å². The van der Waals surface area contributed by atoms with E-state index < -0.39 is 21.6 Å². The maximum absolute atomic E-state index is 12.8. The third-order valence-corrected chi connectivity index (χ3v) is 6.30. The summed E-state index contributed by atoms with van der Waals surface area (Å²) < 4.78 is 31.3. The molecule has 0 spiro atoms. The maximum Gasteiger partial charge on any atom is 0.297 e. The first-order valence-corrected chi connectivity index (χ1v) is 10.6. The van der Waals surface area contributed by atoms with E-state index in [0.29, 0.717) is 12.8 Å². The van der Waals surface area contributed by atoms with Crippen LogP contribution in [0.1, 0.15) is 37.7 Å². The minimum absolute atomic E-state index is 0.180. The zero-order valence-electron chi connectivity index (χ0n) is 15.3. The molecule has 0 unspecified atom stereocenters. The van der Waals surface area contributed by atoms with Crippen molar-refractivity contribution in [1.29, 1.82) is 0 Å². The van der Waals surface area contributed by atoms with Gasteiger partial charge in [0.1, 0.15) is 0 Å². The Bertz CT molecular complexity index is 924. The lowest BCUT2D eigenvalue weighted by atomic mass is 9.70. The average Bonchev–Trinajstić information content (AvgIpc) is 2.70. The molecule has 0 radical (unpaired) electrons. The molecule has 3 rings (SSSR count). The highest BCUT2D eigenvalue weighted by Gasteiger charge is 2.42. The minimum atomic E-state index is -3.83. The van der Waals surface area contributed by atoms with Gasteiger partial charge in [0, 0.05) is 5.56 Å². The fraction of sp³-hybridized carbons (Fsp3) is 0.304. The van der Waals surface area contributed by atoms with Gasteiger partial charge in [-0.15, -0.1) is 6.58 Å². The second-order valence-electron chi connectivity index (χ2n) is 6.86. The molecule has 1 aliphatic rings. The van der Waals surface area contributed by atoms with E-state index in [1.54, 1.807) is 30.3 Å². The van der Waals surface area contributed by atoms with Crippen LogP contribution in [0.25, 0.3) is 0 Å². The van der Waals surface area contributed by atoms with Crippen molar-refractivity contribution in [3.63, 3.8) is 0 Å². The van der Waals surface area contributed by atoms with Gasteiger partial charge < -0.3 is 0 Å². The highest BCUT2D eigenvalue weighted by Crippen LogP contribution is 2.42. The van der Waals surface area contributed by atoms with Gasteiger partial charge in [0.2, 0.25) is 0 Å². The van der Waals surface area contributed by atoms with Crippen LogP contribution in [0.2, 0.25) is 0 Å². The number of allylic oxidation sites excluding steroid dienone is 1. The van der Waals surface area contributed by atoms with Crippen LogP contribution in [0.3, 0.4) is 0 Å². The average molecular weight is 381 g/mol. The maximum atomic E-state index is 12.8. The van der Waals surface area contributed by atoms with Gasteiger partial charge in [-0.05, 0) is 43.5 Å². The predicted molar refractivity (Wildman–Crippen MR) is 108 cm³/mol. The molecule has 1 fully saturated rings. The molecule has 3 nitrogen and oxygen atoms in total. The van der Waals surface area contributed by atoms with Gasteiger partial charge in [0.15, 0.2) is 0 Å². The number of rotatable bonds is 5. The first kappa shape index (κ1) is 19.4. The Balaban J connectivity index is 1.93. The smallest absolute Gasteiger partial charge is 0.261 e. The third kappa shape index (κ3) is 4.68. The topological polar surface area (TPSA) is 43.4 Å². The molecule has 0 N–H and O–H groups in total. The summed E-state index contributed by atoms with van der Waals surface area (Å²) in [7, 11) is -3.83. The van der Waals surface area contributed by atoms with E-state index in [0.717, 1.165) is 24.8 Å². The van der Waals surface area contributed by atoms with Crippen LogP contribution >= 0.6 is 0 Å². The van der Waals surface area contributed by atoms with Crippen molar-refractivity contribution in [3.05, 3.63) is 78.9 Å². The van der Waals surface area contributed by atoms with Gasteiger partial charge in [-0.25, -0.2) is 0 Å². The summed E-state index contributed by atoms with van der Waals surface area (Å²) in [6.45, 7) is 3.87. The second-order valence-corrected chi connectivity index (χ2v) is 8.43. The van der Waals surface area contributed by atoms with Crippen molar-refractivity contribution in [2.45, 2.75) is 43.1 Å². The molecule has 0 aromatic heterocycles. The lowest BCUT2D eigenvalue weighted by Gasteiger charge is -2.39. The summed E-state index contributed by atoms with van der Waals surface area (Å²) >= 11 is 0. The molecule has 4 heteroatoms. The fourth-order valence-corrected chi connectivity index (χ4v) is 4.73. The molecule has 0 saturated heterocycles. The standard InChI is InChI=1S/C23H24O3S/c1-2-17-23(19-16-20-11-5-3-6-12-20)18-10-9-15-22(23)26-27(24,25)21-13-7-4-8-14-21/h2-8,11-14,22H,1,9-10,15,17-18H2/t22-,23-/m0/s1. The molecular weight excluding hydrogens is 356 g/mol. The van der Waals surface area contributed by atoms with Gasteiger partial charge in [0.05, 0.1) is 16.4 Å². The van der Waals surface area contributed by atoms with Crippen LogP contribution in [0, 0.1) is 17.3 Å².